The Kier molecular flexibility index (Phi) is 5.33. The molecule has 2 fully saturated rings. The standard InChI is InChI=1S/C23H24N4O3S/c1-30-17-8-6-16(7-9-17)15-27-21(28)14-19(22(27)29)25-10-12-26(13-11-25)23-24-18-4-2-3-5-20(18)31-23/h2-9,19H,10-15H2,1H3/t19-/m1/s1. The number of para-hydroxylation sites is 1. The van der Waals surface area contributed by atoms with Crippen molar-refractivity contribution >= 4 is 38.5 Å². The number of aromatic nitrogens is 1. The molecule has 2 amide bonds. The van der Waals surface area contributed by atoms with Crippen LogP contribution in [0.1, 0.15) is 12.0 Å². The maximum atomic E-state index is 13.0. The van der Waals surface area contributed by atoms with E-state index in [1.165, 1.54) is 9.60 Å². The summed E-state index contributed by atoms with van der Waals surface area (Å²) in [6.07, 6.45) is 0.260. The number of ether oxygens (including phenoxy) is 1. The molecule has 0 saturated carbocycles. The zero-order valence-electron chi connectivity index (χ0n) is 17.4. The number of carbonyl (C=O) groups excluding carboxylic acids is 2. The van der Waals surface area contributed by atoms with Crippen LogP contribution in [0.4, 0.5) is 5.13 Å². The van der Waals surface area contributed by atoms with Gasteiger partial charge in [-0.15, -0.1) is 0 Å². The first kappa shape index (κ1) is 20.0. The minimum absolute atomic E-state index is 0.0887. The number of thiazole rings is 1. The molecule has 2 aliphatic heterocycles. The molecule has 0 unspecified atom stereocenters. The number of amides is 2. The number of hydrogen-bond acceptors (Lipinski definition) is 7. The third-order valence-corrected chi connectivity index (χ3v) is 7.13. The van der Waals surface area contributed by atoms with E-state index >= 15 is 0 Å². The van der Waals surface area contributed by atoms with Crippen molar-refractivity contribution in [3.63, 3.8) is 0 Å². The van der Waals surface area contributed by atoms with Crippen LogP contribution in [0.15, 0.2) is 48.5 Å². The second-order valence-corrected chi connectivity index (χ2v) is 8.88. The normalized spacial score (nSPS) is 20.1. The zero-order valence-corrected chi connectivity index (χ0v) is 18.2. The lowest BCUT2D eigenvalue weighted by atomic mass is 10.2. The summed E-state index contributed by atoms with van der Waals surface area (Å²) in [5.41, 5.74) is 1.94. The molecule has 2 saturated heterocycles. The monoisotopic (exact) mass is 436 g/mol. The van der Waals surface area contributed by atoms with Crippen molar-refractivity contribution in [2.45, 2.75) is 19.0 Å². The Balaban J connectivity index is 1.22. The summed E-state index contributed by atoms with van der Waals surface area (Å²) in [4.78, 5) is 36.2. The van der Waals surface area contributed by atoms with Crippen LogP contribution in [-0.2, 0) is 16.1 Å². The lowest BCUT2D eigenvalue weighted by Crippen LogP contribution is -2.52. The van der Waals surface area contributed by atoms with Crippen molar-refractivity contribution in [1.29, 1.82) is 0 Å². The Morgan fingerprint density at radius 1 is 1.03 bits per heavy atom. The fourth-order valence-electron chi connectivity index (χ4n) is 4.25. The van der Waals surface area contributed by atoms with Gasteiger partial charge in [-0.2, -0.15) is 0 Å². The maximum absolute atomic E-state index is 13.0. The summed E-state index contributed by atoms with van der Waals surface area (Å²) < 4.78 is 6.36. The fourth-order valence-corrected chi connectivity index (χ4v) is 5.27. The molecule has 0 N–H and O–H groups in total. The predicted molar refractivity (Wildman–Crippen MR) is 120 cm³/mol. The summed E-state index contributed by atoms with van der Waals surface area (Å²) in [5, 5.41) is 1.02. The van der Waals surface area contributed by atoms with Crippen LogP contribution in [0.2, 0.25) is 0 Å². The molecule has 2 aromatic carbocycles. The quantitative estimate of drug-likeness (QED) is 0.573. The highest BCUT2D eigenvalue weighted by molar-refractivity contribution is 7.22. The number of carbonyl (C=O) groups is 2. The molecule has 8 heteroatoms. The van der Waals surface area contributed by atoms with Crippen LogP contribution < -0.4 is 9.64 Å². The fraction of sp³-hybridized carbons (Fsp3) is 0.348. The third-order valence-electron chi connectivity index (χ3n) is 6.03. The van der Waals surface area contributed by atoms with E-state index in [-0.39, 0.29) is 24.3 Å². The van der Waals surface area contributed by atoms with E-state index < -0.39 is 0 Å². The Morgan fingerprint density at radius 2 is 1.77 bits per heavy atom. The van der Waals surface area contributed by atoms with Crippen LogP contribution in [0, 0.1) is 0 Å². The number of piperazine rings is 1. The second-order valence-electron chi connectivity index (χ2n) is 7.87. The number of anilines is 1. The lowest BCUT2D eigenvalue weighted by Gasteiger charge is -2.36. The first-order valence-electron chi connectivity index (χ1n) is 10.4. The van der Waals surface area contributed by atoms with E-state index in [4.69, 9.17) is 9.72 Å². The van der Waals surface area contributed by atoms with Crippen LogP contribution in [-0.4, -0.2) is 65.9 Å². The molecule has 0 spiro atoms. The molecular formula is C23H24N4O3S. The largest absolute Gasteiger partial charge is 0.497 e. The number of hydrogen-bond donors (Lipinski definition) is 0. The number of benzene rings is 2. The molecule has 2 aliphatic rings. The van der Waals surface area contributed by atoms with Crippen molar-refractivity contribution in [1.82, 2.24) is 14.8 Å². The summed E-state index contributed by atoms with van der Waals surface area (Å²) in [5.74, 6) is 0.570. The summed E-state index contributed by atoms with van der Waals surface area (Å²) in [6, 6.07) is 15.3. The van der Waals surface area contributed by atoms with Gasteiger partial charge in [-0.25, -0.2) is 4.98 Å². The van der Waals surface area contributed by atoms with Gasteiger partial charge in [0.15, 0.2) is 5.13 Å². The van der Waals surface area contributed by atoms with Crippen molar-refractivity contribution in [3.05, 3.63) is 54.1 Å². The van der Waals surface area contributed by atoms with E-state index in [2.05, 4.69) is 15.9 Å². The van der Waals surface area contributed by atoms with E-state index in [1.54, 1.807) is 18.4 Å². The molecule has 3 aromatic rings. The summed E-state index contributed by atoms with van der Waals surface area (Å²) >= 11 is 1.70. The molecule has 1 atom stereocenters. The van der Waals surface area contributed by atoms with Gasteiger partial charge in [-0.3, -0.25) is 19.4 Å². The average Bonchev–Trinajstić information content (AvgIpc) is 3.36. The number of fused-ring (bicyclic) bond motifs is 1. The van der Waals surface area contributed by atoms with Gasteiger partial charge in [0.05, 0.1) is 36.3 Å². The number of likely N-dealkylation sites (tertiary alicyclic amines) is 1. The highest BCUT2D eigenvalue weighted by Gasteiger charge is 2.42. The lowest BCUT2D eigenvalue weighted by molar-refractivity contribution is -0.140. The zero-order chi connectivity index (χ0) is 21.4. The van der Waals surface area contributed by atoms with Gasteiger partial charge in [0.2, 0.25) is 11.8 Å². The van der Waals surface area contributed by atoms with Gasteiger partial charge in [-0.1, -0.05) is 35.6 Å². The van der Waals surface area contributed by atoms with Gasteiger partial charge < -0.3 is 9.64 Å². The van der Waals surface area contributed by atoms with Crippen molar-refractivity contribution in [3.8, 4) is 5.75 Å². The summed E-state index contributed by atoms with van der Waals surface area (Å²) in [6.45, 7) is 3.41. The third kappa shape index (κ3) is 3.88. The second kappa shape index (κ2) is 8.28. The molecule has 3 heterocycles. The van der Waals surface area contributed by atoms with Crippen LogP contribution in [0.25, 0.3) is 10.2 Å². The topological polar surface area (TPSA) is 66.0 Å². The number of imide groups is 1. The smallest absolute Gasteiger partial charge is 0.247 e. The molecule has 0 bridgehead atoms. The molecule has 160 valence electrons. The predicted octanol–water partition coefficient (Wildman–Crippen LogP) is 2.75. The van der Waals surface area contributed by atoms with Gasteiger partial charge in [-0.05, 0) is 29.8 Å². The molecular weight excluding hydrogens is 412 g/mol. The average molecular weight is 437 g/mol. The first-order chi connectivity index (χ1) is 15.1. The van der Waals surface area contributed by atoms with E-state index in [0.717, 1.165) is 48.1 Å². The van der Waals surface area contributed by atoms with Crippen molar-refractivity contribution in [2.24, 2.45) is 0 Å². The highest BCUT2D eigenvalue weighted by atomic mass is 32.1. The summed E-state index contributed by atoms with van der Waals surface area (Å²) in [7, 11) is 1.61. The highest BCUT2D eigenvalue weighted by Crippen LogP contribution is 2.30. The van der Waals surface area contributed by atoms with Crippen LogP contribution >= 0.6 is 11.3 Å². The maximum Gasteiger partial charge on any atom is 0.247 e. The molecule has 0 radical (unpaired) electrons. The Morgan fingerprint density at radius 3 is 2.48 bits per heavy atom. The number of nitrogens with zero attached hydrogens (tertiary/aromatic N) is 4. The van der Waals surface area contributed by atoms with E-state index in [0.29, 0.717) is 6.54 Å². The van der Waals surface area contributed by atoms with Gasteiger partial charge in [0.25, 0.3) is 0 Å². The molecule has 1 aromatic heterocycles. The molecule has 5 rings (SSSR count). The SMILES string of the molecule is COc1ccc(CN2C(=O)C[C@@H](N3CCN(c4nc5ccccc5s4)CC3)C2=O)cc1. The first-order valence-corrected chi connectivity index (χ1v) is 11.3. The van der Waals surface area contributed by atoms with E-state index in [9.17, 15) is 9.59 Å². The van der Waals surface area contributed by atoms with Crippen LogP contribution in [0.3, 0.4) is 0 Å². The van der Waals surface area contributed by atoms with Crippen molar-refractivity contribution < 1.29 is 14.3 Å². The van der Waals surface area contributed by atoms with Gasteiger partial charge in [0.1, 0.15) is 5.75 Å². The minimum atomic E-state index is -0.358. The number of rotatable bonds is 5. The minimum Gasteiger partial charge on any atom is -0.497 e. The molecule has 0 aliphatic carbocycles. The van der Waals surface area contributed by atoms with Crippen LogP contribution in [0.5, 0.6) is 5.75 Å². The van der Waals surface area contributed by atoms with E-state index in [1.807, 2.05) is 42.5 Å². The Hall–Kier alpha value is -2.97. The number of methoxy groups -OCH3 is 1. The Labute approximate surface area is 184 Å². The van der Waals surface area contributed by atoms with Gasteiger partial charge >= 0.3 is 0 Å². The molecule has 7 nitrogen and oxygen atoms in total. The van der Waals surface area contributed by atoms with Crippen molar-refractivity contribution in [2.75, 3.05) is 38.2 Å². The van der Waals surface area contributed by atoms with Gasteiger partial charge in [0, 0.05) is 26.2 Å². The molecule has 31 heavy (non-hydrogen) atoms. The Bertz CT molecular complexity index is 1070.